The van der Waals surface area contributed by atoms with Crippen molar-refractivity contribution in [2.75, 3.05) is 26.2 Å². The molecule has 0 amide bonds. The third-order valence-corrected chi connectivity index (χ3v) is 4.86. The zero-order valence-electron chi connectivity index (χ0n) is 10.6. The number of nitrogens with zero attached hydrogens (tertiary/aromatic N) is 2. The average molecular weight is 291 g/mol. The largest absolute Gasteiger partial charge is 0.434 e. The van der Waals surface area contributed by atoms with Gasteiger partial charge in [-0.3, -0.25) is 4.90 Å². The molecule has 3 heterocycles. The summed E-state index contributed by atoms with van der Waals surface area (Å²) in [5, 5.41) is 3.82. The fourth-order valence-electron chi connectivity index (χ4n) is 3.08. The molecule has 2 atom stereocenters. The van der Waals surface area contributed by atoms with Gasteiger partial charge in [-0.15, -0.1) is 11.3 Å². The van der Waals surface area contributed by atoms with Crippen LogP contribution >= 0.6 is 11.3 Å². The number of aryl methyl sites for hydroxylation is 1. The van der Waals surface area contributed by atoms with Gasteiger partial charge in [0.2, 0.25) is 0 Å². The van der Waals surface area contributed by atoms with Gasteiger partial charge < -0.3 is 5.32 Å². The molecule has 1 aromatic heterocycles. The normalized spacial score (nSPS) is 28.0. The van der Waals surface area contributed by atoms with Crippen molar-refractivity contribution in [2.45, 2.75) is 19.6 Å². The number of fused-ring (bicyclic) bond motifs is 1. The summed E-state index contributed by atoms with van der Waals surface area (Å²) in [6.45, 7) is 5.79. The third-order valence-electron chi connectivity index (χ3n) is 3.91. The van der Waals surface area contributed by atoms with Crippen molar-refractivity contribution in [1.82, 2.24) is 15.2 Å². The molecule has 7 heteroatoms. The minimum absolute atomic E-state index is 0.359. The fraction of sp³-hybridized carbons (Fsp3) is 0.750. The van der Waals surface area contributed by atoms with Crippen LogP contribution in [-0.2, 0) is 12.7 Å². The molecule has 0 aliphatic carbocycles. The molecule has 0 radical (unpaired) electrons. The van der Waals surface area contributed by atoms with Crippen LogP contribution in [-0.4, -0.2) is 36.1 Å². The molecular weight excluding hydrogens is 275 g/mol. The molecule has 2 saturated heterocycles. The van der Waals surface area contributed by atoms with Crippen LogP contribution in [0.4, 0.5) is 13.2 Å². The summed E-state index contributed by atoms with van der Waals surface area (Å²) < 4.78 is 38.6. The summed E-state index contributed by atoms with van der Waals surface area (Å²) in [6.07, 6.45) is -4.34. The van der Waals surface area contributed by atoms with Crippen LogP contribution in [0.2, 0.25) is 0 Å². The zero-order chi connectivity index (χ0) is 13.6. The Bertz CT molecular complexity index is 459. The van der Waals surface area contributed by atoms with Gasteiger partial charge in [0.15, 0.2) is 5.69 Å². The number of alkyl halides is 3. The Labute approximate surface area is 113 Å². The summed E-state index contributed by atoms with van der Waals surface area (Å²) in [6, 6.07) is 0. The lowest BCUT2D eigenvalue weighted by atomic mass is 10.0. The number of rotatable bonds is 2. The van der Waals surface area contributed by atoms with E-state index in [4.69, 9.17) is 0 Å². The van der Waals surface area contributed by atoms with E-state index in [1.807, 2.05) is 0 Å². The van der Waals surface area contributed by atoms with Crippen molar-refractivity contribution in [3.8, 4) is 0 Å². The molecule has 3 rings (SSSR count). The highest BCUT2D eigenvalue weighted by Gasteiger charge is 2.40. The maximum absolute atomic E-state index is 12.9. The van der Waals surface area contributed by atoms with Crippen LogP contribution in [0.5, 0.6) is 0 Å². The standard InChI is InChI=1S/C12H16F3N3S/c1-7-17-11(12(13,14)15)10(19-7)6-18-4-8-2-16-3-9(8)5-18/h8-9,16H,2-6H2,1H3/t8-,9+. The molecule has 0 aromatic carbocycles. The molecule has 2 fully saturated rings. The van der Waals surface area contributed by atoms with Gasteiger partial charge in [0, 0.05) is 19.6 Å². The maximum atomic E-state index is 12.9. The van der Waals surface area contributed by atoms with Crippen LogP contribution in [0.3, 0.4) is 0 Å². The summed E-state index contributed by atoms with van der Waals surface area (Å²) in [5.41, 5.74) is -0.690. The summed E-state index contributed by atoms with van der Waals surface area (Å²) >= 11 is 1.17. The predicted octanol–water partition coefficient (Wildman–Crippen LogP) is 2.12. The highest BCUT2D eigenvalue weighted by molar-refractivity contribution is 7.11. The van der Waals surface area contributed by atoms with Gasteiger partial charge in [-0.2, -0.15) is 13.2 Å². The second kappa shape index (κ2) is 4.71. The van der Waals surface area contributed by atoms with Crippen LogP contribution in [0.15, 0.2) is 0 Å². The van der Waals surface area contributed by atoms with E-state index < -0.39 is 11.9 Å². The molecule has 2 aliphatic rings. The van der Waals surface area contributed by atoms with E-state index in [1.54, 1.807) is 6.92 Å². The molecule has 3 nitrogen and oxygen atoms in total. The highest BCUT2D eigenvalue weighted by atomic mass is 32.1. The van der Waals surface area contributed by atoms with E-state index in [9.17, 15) is 13.2 Å². The number of halogens is 3. The number of nitrogens with one attached hydrogen (secondary N) is 1. The highest BCUT2D eigenvalue weighted by Crippen LogP contribution is 2.36. The number of aromatic nitrogens is 1. The van der Waals surface area contributed by atoms with Gasteiger partial charge in [0.05, 0.1) is 9.88 Å². The zero-order valence-corrected chi connectivity index (χ0v) is 11.4. The second-order valence-corrected chi connectivity index (χ2v) is 6.66. The van der Waals surface area contributed by atoms with Gasteiger partial charge in [-0.25, -0.2) is 4.98 Å². The monoisotopic (exact) mass is 291 g/mol. The summed E-state index contributed by atoms with van der Waals surface area (Å²) in [5.74, 6) is 1.20. The Balaban J connectivity index is 1.74. The van der Waals surface area contributed by atoms with E-state index in [2.05, 4.69) is 15.2 Å². The maximum Gasteiger partial charge on any atom is 0.434 e. The van der Waals surface area contributed by atoms with E-state index in [0.29, 0.717) is 28.3 Å². The van der Waals surface area contributed by atoms with Crippen LogP contribution < -0.4 is 5.32 Å². The van der Waals surface area contributed by atoms with E-state index >= 15 is 0 Å². The topological polar surface area (TPSA) is 28.2 Å². The smallest absolute Gasteiger partial charge is 0.316 e. The molecule has 106 valence electrons. The second-order valence-electron chi connectivity index (χ2n) is 5.37. The van der Waals surface area contributed by atoms with Crippen LogP contribution in [0, 0.1) is 18.8 Å². The Kier molecular flexibility index (Phi) is 3.31. The number of likely N-dealkylation sites (tertiary alicyclic amines) is 1. The Hall–Kier alpha value is -0.660. The molecular formula is C12H16F3N3S. The van der Waals surface area contributed by atoms with Crippen LogP contribution in [0.1, 0.15) is 15.6 Å². The minimum Gasteiger partial charge on any atom is -0.316 e. The van der Waals surface area contributed by atoms with Gasteiger partial charge >= 0.3 is 6.18 Å². The first-order valence-corrected chi connectivity index (χ1v) is 7.21. The molecule has 0 saturated carbocycles. The molecule has 19 heavy (non-hydrogen) atoms. The van der Waals surface area contributed by atoms with E-state index in [1.165, 1.54) is 11.3 Å². The molecule has 0 unspecified atom stereocenters. The molecule has 2 aliphatic heterocycles. The predicted molar refractivity (Wildman–Crippen MR) is 67.0 cm³/mol. The molecule has 1 N–H and O–H groups in total. The minimum atomic E-state index is -4.34. The quantitative estimate of drug-likeness (QED) is 0.904. The summed E-state index contributed by atoms with van der Waals surface area (Å²) in [7, 11) is 0. The van der Waals surface area contributed by atoms with Crippen molar-refractivity contribution in [3.05, 3.63) is 15.6 Å². The van der Waals surface area contributed by atoms with E-state index in [0.717, 1.165) is 26.2 Å². The Morgan fingerprint density at radius 2 is 1.95 bits per heavy atom. The average Bonchev–Trinajstić information content (AvgIpc) is 2.91. The lowest BCUT2D eigenvalue weighted by Crippen LogP contribution is -2.26. The fourth-order valence-corrected chi connectivity index (χ4v) is 4.08. The molecule has 0 bridgehead atoms. The van der Waals surface area contributed by atoms with Gasteiger partial charge in [-0.1, -0.05) is 0 Å². The molecule has 1 aromatic rings. The van der Waals surface area contributed by atoms with E-state index in [-0.39, 0.29) is 0 Å². The SMILES string of the molecule is Cc1nc(C(F)(F)F)c(CN2C[C@H]3CNC[C@H]3C2)s1. The Morgan fingerprint density at radius 3 is 2.53 bits per heavy atom. The first kappa shape index (κ1) is 13.3. The Morgan fingerprint density at radius 1 is 1.32 bits per heavy atom. The number of hydrogen-bond acceptors (Lipinski definition) is 4. The molecule has 0 spiro atoms. The van der Waals surface area contributed by atoms with Gasteiger partial charge in [0.1, 0.15) is 0 Å². The van der Waals surface area contributed by atoms with Crippen molar-refractivity contribution >= 4 is 11.3 Å². The van der Waals surface area contributed by atoms with Crippen LogP contribution in [0.25, 0.3) is 0 Å². The lowest BCUT2D eigenvalue weighted by molar-refractivity contribution is -0.141. The number of thiazole rings is 1. The first-order chi connectivity index (χ1) is 8.93. The third kappa shape index (κ3) is 2.64. The lowest BCUT2D eigenvalue weighted by Gasteiger charge is -2.17. The van der Waals surface area contributed by atoms with Gasteiger partial charge in [0.25, 0.3) is 0 Å². The number of hydrogen-bond donors (Lipinski definition) is 1. The van der Waals surface area contributed by atoms with Gasteiger partial charge in [-0.05, 0) is 31.8 Å². The first-order valence-electron chi connectivity index (χ1n) is 6.40. The van der Waals surface area contributed by atoms with Crippen molar-refractivity contribution in [1.29, 1.82) is 0 Å². The van der Waals surface area contributed by atoms with Crippen molar-refractivity contribution in [3.63, 3.8) is 0 Å². The van der Waals surface area contributed by atoms with Crippen molar-refractivity contribution in [2.24, 2.45) is 11.8 Å². The summed E-state index contributed by atoms with van der Waals surface area (Å²) in [4.78, 5) is 6.15. The van der Waals surface area contributed by atoms with Crippen molar-refractivity contribution < 1.29 is 13.2 Å².